The van der Waals surface area contributed by atoms with Crippen molar-refractivity contribution in [2.75, 3.05) is 18.6 Å². The van der Waals surface area contributed by atoms with E-state index in [1.54, 1.807) is 7.11 Å². The van der Waals surface area contributed by atoms with E-state index < -0.39 is 0 Å². The van der Waals surface area contributed by atoms with Crippen LogP contribution in [0.5, 0.6) is 5.75 Å². The molecule has 0 aliphatic carbocycles. The van der Waals surface area contributed by atoms with Gasteiger partial charge in [0.05, 0.1) is 19.2 Å². The maximum absolute atomic E-state index is 13.7. The van der Waals surface area contributed by atoms with Crippen LogP contribution in [0, 0.1) is 13.8 Å². The van der Waals surface area contributed by atoms with Gasteiger partial charge in [0.2, 0.25) is 0 Å². The van der Waals surface area contributed by atoms with Crippen LogP contribution in [0.1, 0.15) is 29.2 Å². The summed E-state index contributed by atoms with van der Waals surface area (Å²) in [6.45, 7) is 6.80. The number of benzene rings is 3. The lowest BCUT2D eigenvalue weighted by atomic mass is 9.99. The summed E-state index contributed by atoms with van der Waals surface area (Å²) in [6.07, 6.45) is 0. The lowest BCUT2D eigenvalue weighted by molar-refractivity contribution is -0.137. The molecule has 0 saturated carbocycles. The second-order valence-corrected chi connectivity index (χ2v) is 8.15. The molecule has 1 heterocycles. The van der Waals surface area contributed by atoms with Crippen LogP contribution in [-0.4, -0.2) is 30.4 Å². The van der Waals surface area contributed by atoms with Gasteiger partial charge in [0.1, 0.15) is 11.4 Å². The van der Waals surface area contributed by atoms with Crippen LogP contribution < -0.4 is 9.64 Å². The molecule has 5 heteroatoms. The van der Waals surface area contributed by atoms with E-state index in [-0.39, 0.29) is 18.4 Å². The normalized spacial score (nSPS) is 13.6. The third-order valence-electron chi connectivity index (χ3n) is 6.09. The first kappa shape index (κ1) is 22.3. The van der Waals surface area contributed by atoms with Crippen LogP contribution in [0.3, 0.4) is 0 Å². The van der Waals surface area contributed by atoms with Crippen molar-refractivity contribution < 1.29 is 14.3 Å². The van der Waals surface area contributed by atoms with E-state index in [9.17, 15) is 9.59 Å². The standard InChI is InChI=1S/C28H28N2O3/c1-5-29(23-9-7-6-8-10-23)26-25(22-14-11-19(2)20(3)17-22)27(31)30(28(26)32)18-21-12-15-24(33-4)16-13-21/h6-17H,5,18H2,1-4H3. The Morgan fingerprint density at radius 1 is 0.848 bits per heavy atom. The second kappa shape index (κ2) is 9.33. The smallest absolute Gasteiger partial charge is 0.278 e. The van der Waals surface area contributed by atoms with Crippen LogP contribution >= 0.6 is 0 Å². The number of likely N-dealkylation sites (N-methyl/N-ethyl adjacent to an activating group) is 1. The van der Waals surface area contributed by atoms with E-state index >= 15 is 0 Å². The molecule has 1 aliphatic heterocycles. The number of amides is 2. The minimum absolute atomic E-state index is 0.200. The van der Waals surface area contributed by atoms with E-state index in [0.717, 1.165) is 33.7 Å². The van der Waals surface area contributed by atoms with Gasteiger partial charge in [-0.25, -0.2) is 0 Å². The Morgan fingerprint density at radius 2 is 1.55 bits per heavy atom. The highest BCUT2D eigenvalue weighted by atomic mass is 16.5. The quantitative estimate of drug-likeness (QED) is 0.479. The molecule has 2 amide bonds. The number of nitrogens with zero attached hydrogens (tertiary/aromatic N) is 2. The Balaban J connectivity index is 1.81. The highest BCUT2D eigenvalue weighted by Gasteiger charge is 2.41. The van der Waals surface area contributed by atoms with Gasteiger partial charge in [0.25, 0.3) is 11.8 Å². The van der Waals surface area contributed by atoms with Crippen molar-refractivity contribution in [3.05, 3.63) is 101 Å². The lowest BCUT2D eigenvalue weighted by Gasteiger charge is -2.25. The molecule has 4 rings (SSSR count). The van der Waals surface area contributed by atoms with E-state index in [2.05, 4.69) is 0 Å². The number of aryl methyl sites for hydroxylation is 2. The van der Waals surface area contributed by atoms with E-state index in [1.165, 1.54) is 4.90 Å². The zero-order chi connectivity index (χ0) is 23.5. The Kier molecular flexibility index (Phi) is 6.31. The fraction of sp³-hybridized carbons (Fsp3) is 0.214. The number of methoxy groups -OCH3 is 1. The molecular formula is C28H28N2O3. The molecule has 1 aliphatic rings. The molecule has 0 bridgehead atoms. The number of ether oxygens (including phenoxy) is 1. The van der Waals surface area contributed by atoms with Crippen molar-refractivity contribution in [3.63, 3.8) is 0 Å². The molecule has 0 radical (unpaired) electrons. The largest absolute Gasteiger partial charge is 0.497 e. The fourth-order valence-electron chi connectivity index (χ4n) is 4.11. The molecule has 3 aromatic carbocycles. The number of hydrogen-bond donors (Lipinski definition) is 0. The van der Waals surface area contributed by atoms with Gasteiger partial charge < -0.3 is 9.64 Å². The van der Waals surface area contributed by atoms with Crippen molar-refractivity contribution in [1.29, 1.82) is 0 Å². The van der Waals surface area contributed by atoms with Crippen LogP contribution in [0.25, 0.3) is 5.57 Å². The fourth-order valence-corrected chi connectivity index (χ4v) is 4.11. The van der Waals surface area contributed by atoms with E-state index in [0.29, 0.717) is 17.8 Å². The Labute approximate surface area is 194 Å². The molecule has 0 unspecified atom stereocenters. The second-order valence-electron chi connectivity index (χ2n) is 8.15. The molecule has 0 aromatic heterocycles. The van der Waals surface area contributed by atoms with Gasteiger partial charge in [0.15, 0.2) is 0 Å². The Hall–Kier alpha value is -3.86. The van der Waals surface area contributed by atoms with Gasteiger partial charge in [-0.1, -0.05) is 48.5 Å². The van der Waals surface area contributed by atoms with Crippen LogP contribution in [0.4, 0.5) is 5.69 Å². The van der Waals surface area contributed by atoms with Gasteiger partial charge in [-0.3, -0.25) is 14.5 Å². The number of rotatable bonds is 7. The number of hydrogen-bond acceptors (Lipinski definition) is 4. The zero-order valence-corrected chi connectivity index (χ0v) is 19.5. The van der Waals surface area contributed by atoms with Crippen LogP contribution in [0.15, 0.2) is 78.5 Å². The predicted molar refractivity (Wildman–Crippen MR) is 131 cm³/mol. The third-order valence-corrected chi connectivity index (χ3v) is 6.09. The summed E-state index contributed by atoms with van der Waals surface area (Å²) in [4.78, 5) is 30.7. The van der Waals surface area contributed by atoms with Crippen molar-refractivity contribution in [3.8, 4) is 5.75 Å². The number of para-hydroxylation sites is 1. The SMILES string of the molecule is CCN(C1=C(c2ccc(C)c(C)c2)C(=O)N(Cc2ccc(OC)cc2)C1=O)c1ccccc1. The van der Waals surface area contributed by atoms with Gasteiger partial charge in [-0.2, -0.15) is 0 Å². The van der Waals surface area contributed by atoms with E-state index in [1.807, 2.05) is 98.5 Å². The Morgan fingerprint density at radius 3 is 2.15 bits per heavy atom. The molecule has 0 saturated heterocycles. The molecule has 0 atom stereocenters. The van der Waals surface area contributed by atoms with Crippen LogP contribution in [-0.2, 0) is 16.1 Å². The predicted octanol–water partition coefficient (Wildman–Crippen LogP) is 5.12. The minimum atomic E-state index is -0.283. The van der Waals surface area contributed by atoms with Crippen molar-refractivity contribution in [1.82, 2.24) is 4.90 Å². The zero-order valence-electron chi connectivity index (χ0n) is 19.5. The third kappa shape index (κ3) is 4.27. The Bertz CT molecular complexity index is 1210. The summed E-state index contributed by atoms with van der Waals surface area (Å²) in [5.41, 5.74) is 5.59. The molecule has 0 spiro atoms. The summed E-state index contributed by atoms with van der Waals surface area (Å²) in [5, 5.41) is 0. The summed E-state index contributed by atoms with van der Waals surface area (Å²) >= 11 is 0. The van der Waals surface area contributed by atoms with Crippen molar-refractivity contribution in [2.24, 2.45) is 0 Å². The first-order chi connectivity index (χ1) is 15.9. The molecule has 3 aromatic rings. The lowest BCUT2D eigenvalue weighted by Crippen LogP contribution is -2.34. The number of anilines is 1. The first-order valence-corrected chi connectivity index (χ1v) is 11.1. The number of imide groups is 1. The van der Waals surface area contributed by atoms with E-state index in [4.69, 9.17) is 4.74 Å². The summed E-state index contributed by atoms with van der Waals surface area (Å²) < 4.78 is 5.23. The highest BCUT2D eigenvalue weighted by molar-refractivity contribution is 6.36. The number of carbonyl (C=O) groups is 2. The summed E-state index contributed by atoms with van der Waals surface area (Å²) in [6, 6.07) is 23.1. The molecule has 33 heavy (non-hydrogen) atoms. The van der Waals surface area contributed by atoms with Gasteiger partial charge in [0, 0.05) is 12.2 Å². The molecule has 0 N–H and O–H groups in total. The first-order valence-electron chi connectivity index (χ1n) is 11.1. The van der Waals surface area contributed by atoms with Gasteiger partial charge in [-0.15, -0.1) is 0 Å². The topological polar surface area (TPSA) is 49.9 Å². The van der Waals surface area contributed by atoms with Crippen molar-refractivity contribution in [2.45, 2.75) is 27.3 Å². The summed E-state index contributed by atoms with van der Waals surface area (Å²) in [7, 11) is 1.61. The molecule has 168 valence electrons. The number of carbonyl (C=O) groups excluding carboxylic acids is 2. The minimum Gasteiger partial charge on any atom is -0.497 e. The monoisotopic (exact) mass is 440 g/mol. The molecule has 0 fully saturated rings. The average Bonchev–Trinajstić information content (AvgIpc) is 3.07. The highest BCUT2D eigenvalue weighted by Crippen LogP contribution is 2.35. The maximum Gasteiger partial charge on any atom is 0.278 e. The summed E-state index contributed by atoms with van der Waals surface area (Å²) in [5.74, 6) is 0.173. The average molecular weight is 441 g/mol. The van der Waals surface area contributed by atoms with Gasteiger partial charge >= 0.3 is 0 Å². The van der Waals surface area contributed by atoms with Crippen LogP contribution in [0.2, 0.25) is 0 Å². The molecular weight excluding hydrogens is 412 g/mol. The van der Waals surface area contributed by atoms with Gasteiger partial charge in [-0.05, 0) is 67.3 Å². The molecule has 5 nitrogen and oxygen atoms in total. The van der Waals surface area contributed by atoms with Crippen molar-refractivity contribution >= 4 is 23.1 Å². The maximum atomic E-state index is 13.7.